The molecule has 1 aromatic heterocycles. The fourth-order valence-corrected chi connectivity index (χ4v) is 4.63. The van der Waals surface area contributed by atoms with Gasteiger partial charge in [0, 0.05) is 58.2 Å². The Balaban J connectivity index is 1.70. The van der Waals surface area contributed by atoms with Crippen molar-refractivity contribution < 1.29 is 14.4 Å². The van der Waals surface area contributed by atoms with Crippen LogP contribution in [0.5, 0.6) is 0 Å². The van der Waals surface area contributed by atoms with Gasteiger partial charge >= 0.3 is 0 Å². The second kappa shape index (κ2) is 8.88. The van der Waals surface area contributed by atoms with Crippen molar-refractivity contribution in [3.63, 3.8) is 0 Å². The van der Waals surface area contributed by atoms with E-state index in [9.17, 15) is 14.4 Å². The van der Waals surface area contributed by atoms with Crippen LogP contribution in [0.15, 0.2) is 18.6 Å². The van der Waals surface area contributed by atoms with Crippen molar-refractivity contribution in [1.82, 2.24) is 24.7 Å². The van der Waals surface area contributed by atoms with Crippen LogP contribution in [-0.4, -0.2) is 82.2 Å². The maximum absolute atomic E-state index is 13.4. The van der Waals surface area contributed by atoms with Crippen molar-refractivity contribution >= 4 is 17.7 Å². The molecule has 0 N–H and O–H groups in total. The Kier molecular flexibility index (Phi) is 6.49. The summed E-state index contributed by atoms with van der Waals surface area (Å²) in [5.41, 5.74) is 0.216. The number of hydrogen-bond acceptors (Lipinski definition) is 5. The van der Waals surface area contributed by atoms with Crippen molar-refractivity contribution in [2.24, 2.45) is 5.41 Å². The molecule has 158 valence electrons. The number of piperidine rings is 2. The molecule has 2 atom stereocenters. The van der Waals surface area contributed by atoms with Gasteiger partial charge in [-0.15, -0.1) is 0 Å². The summed E-state index contributed by atoms with van der Waals surface area (Å²) in [4.78, 5) is 51.9. The summed E-state index contributed by atoms with van der Waals surface area (Å²) in [5, 5.41) is 0. The SMILES string of the molecule is C[C@H]1N(C(=O)CCc2cnccn2)CCC[C@@]12CCCN(CC(=O)N(C)C)C2=O. The number of carbonyl (C=O) groups is 3. The molecule has 2 saturated heterocycles. The molecule has 8 heteroatoms. The fourth-order valence-electron chi connectivity index (χ4n) is 4.63. The zero-order chi connectivity index (χ0) is 21.0. The Morgan fingerprint density at radius 1 is 1.21 bits per heavy atom. The molecule has 2 aliphatic rings. The van der Waals surface area contributed by atoms with Crippen LogP contribution in [0.1, 0.15) is 44.7 Å². The van der Waals surface area contributed by atoms with Crippen molar-refractivity contribution in [2.75, 3.05) is 33.7 Å². The van der Waals surface area contributed by atoms with Crippen LogP contribution in [0.3, 0.4) is 0 Å². The van der Waals surface area contributed by atoms with Gasteiger partial charge in [-0.05, 0) is 39.0 Å². The van der Waals surface area contributed by atoms with E-state index in [0.717, 1.165) is 31.4 Å². The number of amides is 3. The lowest BCUT2D eigenvalue weighted by Gasteiger charge is -2.51. The second-order valence-corrected chi connectivity index (χ2v) is 8.34. The topological polar surface area (TPSA) is 86.7 Å². The van der Waals surface area contributed by atoms with Crippen LogP contribution < -0.4 is 0 Å². The Bertz CT molecular complexity index is 750. The first-order valence-corrected chi connectivity index (χ1v) is 10.4. The van der Waals surface area contributed by atoms with Crippen LogP contribution in [0.4, 0.5) is 0 Å². The molecule has 2 fully saturated rings. The maximum Gasteiger partial charge on any atom is 0.241 e. The van der Waals surface area contributed by atoms with Crippen molar-refractivity contribution in [2.45, 2.75) is 51.5 Å². The molecule has 0 radical (unpaired) electrons. The largest absolute Gasteiger partial charge is 0.347 e. The van der Waals surface area contributed by atoms with Gasteiger partial charge in [-0.25, -0.2) is 0 Å². The third kappa shape index (κ3) is 4.41. The molecule has 1 spiro atoms. The van der Waals surface area contributed by atoms with Gasteiger partial charge in [-0.2, -0.15) is 0 Å². The van der Waals surface area contributed by atoms with E-state index in [1.165, 1.54) is 4.90 Å². The van der Waals surface area contributed by atoms with Gasteiger partial charge in [-0.1, -0.05) is 0 Å². The smallest absolute Gasteiger partial charge is 0.241 e. The van der Waals surface area contributed by atoms with Crippen LogP contribution in [0.2, 0.25) is 0 Å². The average Bonchev–Trinajstić information content (AvgIpc) is 2.72. The van der Waals surface area contributed by atoms with E-state index < -0.39 is 5.41 Å². The molecule has 3 amide bonds. The van der Waals surface area contributed by atoms with Crippen molar-refractivity contribution in [3.05, 3.63) is 24.3 Å². The first-order chi connectivity index (χ1) is 13.8. The molecule has 8 nitrogen and oxygen atoms in total. The molecule has 3 rings (SSSR count). The van der Waals surface area contributed by atoms with Crippen LogP contribution in [0.25, 0.3) is 0 Å². The van der Waals surface area contributed by atoms with Gasteiger partial charge < -0.3 is 14.7 Å². The standard InChI is InChI=1S/C21H31N5O3/c1-16-21(8-4-12-25(20(21)29)15-19(28)24(2)3)9-5-13-26(16)18(27)7-6-17-14-22-10-11-23-17/h10-11,14,16H,4-9,12-13,15H2,1-3H3/t16-,21+/m1/s1. The van der Waals surface area contributed by atoms with Crippen LogP contribution in [0, 0.1) is 5.41 Å². The Morgan fingerprint density at radius 2 is 1.93 bits per heavy atom. The van der Waals surface area contributed by atoms with E-state index in [2.05, 4.69) is 9.97 Å². The number of aryl methyl sites for hydroxylation is 1. The lowest BCUT2D eigenvalue weighted by Crippen LogP contribution is -2.62. The first kappa shape index (κ1) is 21.2. The highest BCUT2D eigenvalue weighted by molar-refractivity contribution is 5.90. The number of aromatic nitrogens is 2. The molecule has 0 bridgehead atoms. The van der Waals surface area contributed by atoms with Gasteiger partial charge in [0.2, 0.25) is 17.7 Å². The summed E-state index contributed by atoms with van der Waals surface area (Å²) in [7, 11) is 3.40. The predicted octanol–water partition coefficient (Wildman–Crippen LogP) is 1.12. The molecule has 0 aliphatic carbocycles. The van der Waals surface area contributed by atoms with Crippen molar-refractivity contribution in [3.8, 4) is 0 Å². The highest BCUT2D eigenvalue weighted by atomic mass is 16.2. The zero-order valence-electron chi connectivity index (χ0n) is 17.6. The minimum Gasteiger partial charge on any atom is -0.347 e. The highest BCUT2D eigenvalue weighted by Crippen LogP contribution is 2.44. The van der Waals surface area contributed by atoms with Gasteiger partial charge in [0.25, 0.3) is 0 Å². The molecule has 0 unspecified atom stereocenters. The predicted molar refractivity (Wildman–Crippen MR) is 108 cm³/mol. The third-order valence-electron chi connectivity index (χ3n) is 6.41. The molecule has 1 aromatic rings. The molecular formula is C21H31N5O3. The number of rotatable bonds is 5. The molecule has 3 heterocycles. The lowest BCUT2D eigenvalue weighted by molar-refractivity contribution is -0.161. The monoisotopic (exact) mass is 401 g/mol. The summed E-state index contributed by atoms with van der Waals surface area (Å²) in [6, 6.07) is -0.171. The summed E-state index contributed by atoms with van der Waals surface area (Å²) in [6.45, 7) is 3.38. The minimum absolute atomic E-state index is 0.0258. The third-order valence-corrected chi connectivity index (χ3v) is 6.41. The Labute approximate surface area is 172 Å². The number of nitrogens with zero attached hydrogens (tertiary/aromatic N) is 5. The number of hydrogen-bond donors (Lipinski definition) is 0. The average molecular weight is 402 g/mol. The van der Waals surface area contributed by atoms with E-state index in [1.807, 2.05) is 11.8 Å². The summed E-state index contributed by atoms with van der Waals surface area (Å²) < 4.78 is 0. The summed E-state index contributed by atoms with van der Waals surface area (Å²) in [6.07, 6.45) is 9.03. The molecular weight excluding hydrogens is 370 g/mol. The highest BCUT2D eigenvalue weighted by Gasteiger charge is 2.52. The normalized spacial score (nSPS) is 24.7. The summed E-state index contributed by atoms with van der Waals surface area (Å²) >= 11 is 0. The van der Waals surface area contributed by atoms with Gasteiger partial charge in [0.05, 0.1) is 17.7 Å². The number of likely N-dealkylation sites (N-methyl/N-ethyl adjacent to an activating group) is 1. The van der Waals surface area contributed by atoms with Crippen LogP contribution in [-0.2, 0) is 20.8 Å². The Morgan fingerprint density at radius 3 is 2.59 bits per heavy atom. The van der Waals surface area contributed by atoms with E-state index in [4.69, 9.17) is 0 Å². The van der Waals surface area contributed by atoms with Gasteiger partial charge in [0.1, 0.15) is 0 Å². The van der Waals surface area contributed by atoms with E-state index in [1.54, 1.807) is 37.6 Å². The molecule has 29 heavy (non-hydrogen) atoms. The maximum atomic E-state index is 13.4. The molecule has 0 saturated carbocycles. The quantitative estimate of drug-likeness (QED) is 0.738. The zero-order valence-corrected chi connectivity index (χ0v) is 17.6. The second-order valence-electron chi connectivity index (χ2n) is 8.34. The van der Waals surface area contributed by atoms with Crippen LogP contribution >= 0.6 is 0 Å². The molecule has 2 aliphatic heterocycles. The molecule has 0 aromatic carbocycles. The van der Waals surface area contributed by atoms with Crippen molar-refractivity contribution in [1.29, 1.82) is 0 Å². The fraction of sp³-hybridized carbons (Fsp3) is 0.667. The summed E-state index contributed by atoms with van der Waals surface area (Å²) in [5.74, 6) is 0.00478. The number of likely N-dealkylation sites (tertiary alicyclic amines) is 2. The Hall–Kier alpha value is -2.51. The van der Waals surface area contributed by atoms with Gasteiger partial charge in [0.15, 0.2) is 0 Å². The van der Waals surface area contributed by atoms with E-state index in [0.29, 0.717) is 25.9 Å². The first-order valence-electron chi connectivity index (χ1n) is 10.4. The van der Waals surface area contributed by atoms with E-state index >= 15 is 0 Å². The number of carbonyl (C=O) groups excluding carboxylic acids is 3. The van der Waals surface area contributed by atoms with E-state index in [-0.39, 0.29) is 30.3 Å². The lowest BCUT2D eigenvalue weighted by atomic mass is 9.67. The van der Waals surface area contributed by atoms with Gasteiger partial charge in [-0.3, -0.25) is 24.4 Å². The minimum atomic E-state index is -0.578.